The van der Waals surface area contributed by atoms with Gasteiger partial charge in [0.25, 0.3) is 0 Å². The normalized spacial score (nSPS) is 15.1. The van der Waals surface area contributed by atoms with Crippen molar-refractivity contribution in [2.75, 3.05) is 13.2 Å². The topological polar surface area (TPSA) is 61.4 Å². The van der Waals surface area contributed by atoms with Gasteiger partial charge in [0.1, 0.15) is 0 Å². The maximum Gasteiger partial charge on any atom is 0.234 e. The third-order valence-electron chi connectivity index (χ3n) is 2.65. The van der Waals surface area contributed by atoms with Gasteiger partial charge in [-0.05, 0) is 19.3 Å². The summed E-state index contributed by atoms with van der Waals surface area (Å²) in [6.45, 7) is 8.45. The van der Waals surface area contributed by atoms with Gasteiger partial charge in [-0.25, -0.2) is 0 Å². The van der Waals surface area contributed by atoms with Crippen molar-refractivity contribution in [2.45, 2.75) is 46.2 Å². The summed E-state index contributed by atoms with van der Waals surface area (Å²) in [6.07, 6.45) is 0.823. The molecule has 0 aromatic carbocycles. The fourth-order valence-corrected chi connectivity index (χ4v) is 1.05. The van der Waals surface area contributed by atoms with Crippen molar-refractivity contribution in [3.63, 3.8) is 0 Å². The molecule has 0 fully saturated rings. The molecule has 0 aromatic rings. The van der Waals surface area contributed by atoms with Gasteiger partial charge in [0, 0.05) is 12.1 Å². The van der Waals surface area contributed by atoms with Crippen LogP contribution in [0.2, 0.25) is 0 Å². The Hall–Kier alpha value is -0.610. The highest BCUT2D eigenvalue weighted by molar-refractivity contribution is 5.78. The Balaban J connectivity index is 3.74. The molecule has 0 spiro atoms. The van der Waals surface area contributed by atoms with E-state index >= 15 is 0 Å². The molecule has 0 aliphatic rings. The minimum atomic E-state index is -0.0110. The predicted octanol–water partition coefficient (Wildman–Crippen LogP) is 0.508. The van der Waals surface area contributed by atoms with E-state index in [-0.39, 0.29) is 31.1 Å². The number of hydrogen-bond acceptors (Lipinski definition) is 3. The minimum Gasteiger partial charge on any atom is -0.395 e. The molecule has 4 heteroatoms. The number of carbonyl (C=O) groups is 1. The van der Waals surface area contributed by atoms with Crippen LogP contribution in [0.3, 0.4) is 0 Å². The van der Waals surface area contributed by atoms with E-state index in [0.29, 0.717) is 5.92 Å². The minimum absolute atomic E-state index is 0.0110. The molecule has 0 aromatic heterocycles. The number of carbonyl (C=O) groups excluding carboxylic acids is 1. The molecule has 0 aliphatic heterocycles. The number of amides is 1. The fourth-order valence-electron chi connectivity index (χ4n) is 1.05. The van der Waals surface area contributed by atoms with Crippen molar-refractivity contribution in [2.24, 2.45) is 5.92 Å². The molecule has 1 amide bonds. The summed E-state index contributed by atoms with van der Waals surface area (Å²) >= 11 is 0. The molecular weight excluding hydrogens is 192 g/mol. The van der Waals surface area contributed by atoms with Gasteiger partial charge in [0.2, 0.25) is 5.91 Å². The van der Waals surface area contributed by atoms with Crippen LogP contribution in [0.15, 0.2) is 0 Å². The first-order chi connectivity index (χ1) is 7.01. The highest BCUT2D eigenvalue weighted by Crippen LogP contribution is 1.98. The second kappa shape index (κ2) is 7.65. The summed E-state index contributed by atoms with van der Waals surface area (Å²) in [5.41, 5.74) is 0. The molecule has 90 valence electrons. The van der Waals surface area contributed by atoms with Crippen LogP contribution in [0.1, 0.15) is 34.1 Å². The molecule has 2 unspecified atom stereocenters. The van der Waals surface area contributed by atoms with Crippen molar-refractivity contribution in [1.29, 1.82) is 0 Å². The zero-order valence-corrected chi connectivity index (χ0v) is 10.2. The lowest BCUT2D eigenvalue weighted by Crippen LogP contribution is -2.44. The van der Waals surface area contributed by atoms with Crippen molar-refractivity contribution < 1.29 is 9.90 Å². The van der Waals surface area contributed by atoms with Gasteiger partial charge >= 0.3 is 0 Å². The van der Waals surface area contributed by atoms with Crippen LogP contribution in [-0.2, 0) is 4.79 Å². The molecule has 0 heterocycles. The Bertz CT molecular complexity index is 179. The van der Waals surface area contributed by atoms with Crippen LogP contribution in [0.4, 0.5) is 0 Å². The van der Waals surface area contributed by atoms with Crippen LogP contribution in [0.5, 0.6) is 0 Å². The first kappa shape index (κ1) is 14.4. The lowest BCUT2D eigenvalue weighted by molar-refractivity contribution is -0.121. The number of nitrogens with one attached hydrogen (secondary N) is 2. The monoisotopic (exact) mass is 216 g/mol. The van der Waals surface area contributed by atoms with E-state index in [4.69, 9.17) is 5.11 Å². The zero-order chi connectivity index (χ0) is 11.8. The maximum atomic E-state index is 11.4. The summed E-state index contributed by atoms with van der Waals surface area (Å²) < 4.78 is 0. The molecule has 4 nitrogen and oxygen atoms in total. The van der Waals surface area contributed by atoms with E-state index < -0.39 is 0 Å². The van der Waals surface area contributed by atoms with E-state index in [1.54, 1.807) is 0 Å². The molecule has 3 N–H and O–H groups in total. The van der Waals surface area contributed by atoms with Crippen molar-refractivity contribution in [3.8, 4) is 0 Å². The second-order valence-corrected chi connectivity index (χ2v) is 4.27. The van der Waals surface area contributed by atoms with Crippen molar-refractivity contribution in [3.05, 3.63) is 0 Å². The Labute approximate surface area is 92.4 Å². The van der Waals surface area contributed by atoms with Crippen LogP contribution in [-0.4, -0.2) is 36.2 Å². The Morgan fingerprint density at radius 3 is 2.33 bits per heavy atom. The van der Waals surface area contributed by atoms with Gasteiger partial charge in [-0.1, -0.05) is 20.8 Å². The average Bonchev–Trinajstić information content (AvgIpc) is 2.19. The second-order valence-electron chi connectivity index (χ2n) is 4.27. The molecule has 15 heavy (non-hydrogen) atoms. The Morgan fingerprint density at radius 1 is 1.33 bits per heavy atom. The SMILES string of the molecule is CCC(CO)NCC(=O)NC(C)C(C)C. The van der Waals surface area contributed by atoms with Crippen LogP contribution < -0.4 is 10.6 Å². The maximum absolute atomic E-state index is 11.4. The lowest BCUT2D eigenvalue weighted by Gasteiger charge is -2.19. The van der Waals surface area contributed by atoms with Crippen molar-refractivity contribution in [1.82, 2.24) is 10.6 Å². The first-order valence-corrected chi connectivity index (χ1v) is 5.64. The average molecular weight is 216 g/mol. The van der Waals surface area contributed by atoms with Gasteiger partial charge in [-0.2, -0.15) is 0 Å². The van der Waals surface area contributed by atoms with E-state index in [2.05, 4.69) is 24.5 Å². The molecule has 0 rings (SSSR count). The summed E-state index contributed by atoms with van der Waals surface area (Å²) in [7, 11) is 0. The molecule has 0 radical (unpaired) electrons. The number of aliphatic hydroxyl groups is 1. The zero-order valence-electron chi connectivity index (χ0n) is 10.2. The number of hydrogen-bond donors (Lipinski definition) is 3. The number of aliphatic hydroxyl groups excluding tert-OH is 1. The van der Waals surface area contributed by atoms with Gasteiger partial charge in [0.15, 0.2) is 0 Å². The summed E-state index contributed by atoms with van der Waals surface area (Å²) in [6, 6.07) is 0.207. The largest absolute Gasteiger partial charge is 0.395 e. The molecule has 0 saturated heterocycles. The quantitative estimate of drug-likeness (QED) is 0.581. The highest BCUT2D eigenvalue weighted by Gasteiger charge is 2.11. The van der Waals surface area contributed by atoms with Gasteiger partial charge in [-0.15, -0.1) is 0 Å². The van der Waals surface area contributed by atoms with Gasteiger partial charge in [0.05, 0.1) is 13.2 Å². The van der Waals surface area contributed by atoms with Crippen LogP contribution >= 0.6 is 0 Å². The molecule has 2 atom stereocenters. The van der Waals surface area contributed by atoms with Gasteiger partial charge in [-0.3, -0.25) is 4.79 Å². The van der Waals surface area contributed by atoms with E-state index in [1.807, 2.05) is 13.8 Å². The Kier molecular flexibility index (Phi) is 7.34. The third-order valence-corrected chi connectivity index (χ3v) is 2.65. The first-order valence-electron chi connectivity index (χ1n) is 5.64. The molecule has 0 bridgehead atoms. The van der Waals surface area contributed by atoms with Crippen molar-refractivity contribution >= 4 is 5.91 Å². The molecule has 0 aliphatic carbocycles. The molecular formula is C11H24N2O2. The third kappa shape index (κ3) is 6.47. The highest BCUT2D eigenvalue weighted by atomic mass is 16.3. The summed E-state index contributed by atoms with van der Waals surface area (Å²) in [4.78, 5) is 11.4. The fraction of sp³-hybridized carbons (Fsp3) is 0.909. The summed E-state index contributed by atoms with van der Waals surface area (Å²) in [5, 5.41) is 14.8. The Morgan fingerprint density at radius 2 is 1.93 bits per heavy atom. The number of rotatable bonds is 7. The standard InChI is InChI=1S/C11H24N2O2/c1-5-10(7-14)12-6-11(15)13-9(4)8(2)3/h8-10,12,14H,5-7H2,1-4H3,(H,13,15). The lowest BCUT2D eigenvalue weighted by atomic mass is 10.1. The smallest absolute Gasteiger partial charge is 0.234 e. The summed E-state index contributed by atoms with van der Waals surface area (Å²) in [5.74, 6) is 0.428. The van der Waals surface area contributed by atoms with Crippen LogP contribution in [0.25, 0.3) is 0 Å². The van der Waals surface area contributed by atoms with Crippen LogP contribution in [0, 0.1) is 5.92 Å². The van der Waals surface area contributed by atoms with Gasteiger partial charge < -0.3 is 15.7 Å². The van der Waals surface area contributed by atoms with E-state index in [0.717, 1.165) is 6.42 Å². The van der Waals surface area contributed by atoms with E-state index in [1.165, 1.54) is 0 Å². The molecule has 0 saturated carbocycles. The predicted molar refractivity (Wildman–Crippen MR) is 61.6 cm³/mol. The van der Waals surface area contributed by atoms with E-state index in [9.17, 15) is 4.79 Å².